The van der Waals surface area contributed by atoms with E-state index in [9.17, 15) is 4.79 Å². The molecular weight excluding hydrogens is 436 g/mol. The second kappa shape index (κ2) is 9.71. The third-order valence-corrected chi connectivity index (χ3v) is 6.34. The average molecular weight is 469 g/mol. The maximum Gasteiger partial charge on any atom is 0.248 e. The molecule has 0 unspecified atom stereocenters. The molecule has 0 bridgehead atoms. The Labute approximate surface area is 207 Å². The van der Waals surface area contributed by atoms with Gasteiger partial charge < -0.3 is 19.4 Å². The molecule has 0 atom stereocenters. The molecule has 180 valence electrons. The second-order valence-electron chi connectivity index (χ2n) is 9.18. The number of hydrogen-bond donors (Lipinski definition) is 1. The predicted octanol–water partition coefficient (Wildman–Crippen LogP) is 7.14. The minimum atomic E-state index is -0.193. The molecule has 3 aromatic carbocycles. The molecule has 0 aliphatic carbocycles. The van der Waals surface area contributed by atoms with Crippen LogP contribution in [0.15, 0.2) is 65.3 Å². The number of hydrogen-bond acceptors (Lipinski definition) is 4. The van der Waals surface area contributed by atoms with E-state index in [2.05, 4.69) is 43.4 Å². The summed E-state index contributed by atoms with van der Waals surface area (Å²) in [7, 11) is 5.61. The zero-order chi connectivity index (χ0) is 25.3. The van der Waals surface area contributed by atoms with Gasteiger partial charge in [0.05, 0.1) is 13.4 Å². The first-order chi connectivity index (χ1) is 16.7. The van der Waals surface area contributed by atoms with Crippen molar-refractivity contribution in [1.82, 2.24) is 0 Å². The summed E-state index contributed by atoms with van der Waals surface area (Å²) in [6.07, 6.45) is 3.42. The number of amides is 1. The maximum atomic E-state index is 12.8. The van der Waals surface area contributed by atoms with Crippen LogP contribution in [0.2, 0.25) is 0 Å². The number of anilines is 2. The van der Waals surface area contributed by atoms with E-state index < -0.39 is 0 Å². The Kier molecular flexibility index (Phi) is 6.70. The zero-order valence-electron chi connectivity index (χ0n) is 21.4. The number of benzene rings is 3. The number of furan rings is 1. The van der Waals surface area contributed by atoms with Gasteiger partial charge in [0, 0.05) is 53.6 Å². The number of rotatable bonds is 6. The standard InChI is InChI=1S/C30H32N2O3/c1-18-8-13-24(19(2)14-18)27-17-35-30-21(4)29(34-7)25(16-26(27)30)20(3)15-28(33)31-22-9-11-23(12-10-22)32(5)6/h8-17H,1-7H3,(H,31,33)/b20-15+. The Bertz CT molecular complexity index is 1430. The van der Waals surface area contributed by atoms with Gasteiger partial charge in [0.2, 0.25) is 5.91 Å². The second-order valence-corrected chi connectivity index (χ2v) is 9.18. The van der Waals surface area contributed by atoms with Crippen molar-refractivity contribution in [2.75, 3.05) is 31.4 Å². The van der Waals surface area contributed by atoms with Gasteiger partial charge in [-0.1, -0.05) is 23.8 Å². The summed E-state index contributed by atoms with van der Waals surface area (Å²) in [5.74, 6) is 0.512. The van der Waals surface area contributed by atoms with E-state index in [0.29, 0.717) is 5.75 Å². The lowest BCUT2D eigenvalue weighted by Gasteiger charge is -2.14. The van der Waals surface area contributed by atoms with E-state index in [-0.39, 0.29) is 5.91 Å². The summed E-state index contributed by atoms with van der Waals surface area (Å²) in [4.78, 5) is 14.8. The van der Waals surface area contributed by atoms with Crippen molar-refractivity contribution in [1.29, 1.82) is 0 Å². The SMILES string of the molecule is COc1c(/C(C)=C/C(=O)Nc2ccc(N(C)C)cc2)cc2c(-c3ccc(C)cc3C)coc2c1C. The van der Waals surface area contributed by atoms with E-state index in [4.69, 9.17) is 9.15 Å². The number of fused-ring (bicyclic) bond motifs is 1. The van der Waals surface area contributed by atoms with Crippen molar-refractivity contribution < 1.29 is 13.9 Å². The van der Waals surface area contributed by atoms with Crippen molar-refractivity contribution in [3.63, 3.8) is 0 Å². The topological polar surface area (TPSA) is 54.7 Å². The largest absolute Gasteiger partial charge is 0.496 e. The minimum absolute atomic E-state index is 0.193. The molecule has 1 N–H and O–H groups in total. The van der Waals surface area contributed by atoms with Gasteiger partial charge in [-0.25, -0.2) is 0 Å². The first-order valence-corrected chi connectivity index (χ1v) is 11.6. The van der Waals surface area contributed by atoms with Gasteiger partial charge in [-0.3, -0.25) is 4.79 Å². The number of nitrogens with zero attached hydrogens (tertiary/aromatic N) is 1. The molecule has 4 aromatic rings. The Morgan fingerprint density at radius 1 is 1.00 bits per heavy atom. The van der Waals surface area contributed by atoms with Crippen LogP contribution in [0.1, 0.15) is 29.2 Å². The average Bonchev–Trinajstić information content (AvgIpc) is 3.23. The third-order valence-electron chi connectivity index (χ3n) is 6.34. The number of carbonyl (C=O) groups excluding carboxylic acids is 1. The number of methoxy groups -OCH3 is 1. The van der Waals surface area contributed by atoms with E-state index >= 15 is 0 Å². The smallest absolute Gasteiger partial charge is 0.248 e. The Hall–Kier alpha value is -3.99. The van der Waals surface area contributed by atoms with E-state index in [1.165, 1.54) is 11.1 Å². The van der Waals surface area contributed by atoms with E-state index in [1.807, 2.05) is 63.4 Å². The first-order valence-electron chi connectivity index (χ1n) is 11.6. The Balaban J connectivity index is 1.72. The molecule has 0 aliphatic rings. The number of carbonyl (C=O) groups is 1. The predicted molar refractivity (Wildman–Crippen MR) is 145 cm³/mol. The van der Waals surface area contributed by atoms with Crippen LogP contribution in [-0.2, 0) is 4.79 Å². The summed E-state index contributed by atoms with van der Waals surface area (Å²) in [6, 6.07) is 16.2. The van der Waals surface area contributed by atoms with Crippen LogP contribution < -0.4 is 15.0 Å². The number of aryl methyl sites for hydroxylation is 3. The quantitative estimate of drug-likeness (QED) is 0.306. The molecule has 0 saturated carbocycles. The summed E-state index contributed by atoms with van der Waals surface area (Å²) in [5.41, 5.74) is 9.76. The number of allylic oxidation sites excluding steroid dienone is 1. The molecule has 4 rings (SSSR count). The lowest BCUT2D eigenvalue weighted by atomic mass is 9.94. The van der Waals surface area contributed by atoms with Crippen molar-refractivity contribution in [2.24, 2.45) is 0 Å². The summed E-state index contributed by atoms with van der Waals surface area (Å²) < 4.78 is 11.8. The molecule has 1 heterocycles. The maximum absolute atomic E-state index is 12.8. The first kappa shape index (κ1) is 24.1. The van der Waals surface area contributed by atoms with Crippen molar-refractivity contribution in [3.8, 4) is 16.9 Å². The molecule has 5 heteroatoms. The van der Waals surface area contributed by atoms with Crippen LogP contribution in [0.5, 0.6) is 5.75 Å². The van der Waals surface area contributed by atoms with Crippen LogP contribution in [0.3, 0.4) is 0 Å². The van der Waals surface area contributed by atoms with Crippen LogP contribution in [0.25, 0.3) is 27.7 Å². The molecule has 1 aromatic heterocycles. The molecule has 35 heavy (non-hydrogen) atoms. The number of nitrogens with one attached hydrogen (secondary N) is 1. The summed E-state index contributed by atoms with van der Waals surface area (Å²) >= 11 is 0. The highest BCUT2D eigenvalue weighted by Gasteiger charge is 2.19. The lowest BCUT2D eigenvalue weighted by molar-refractivity contribution is -0.111. The minimum Gasteiger partial charge on any atom is -0.496 e. The molecular formula is C30H32N2O3. The van der Waals surface area contributed by atoms with Crippen molar-refractivity contribution >= 4 is 33.8 Å². The monoisotopic (exact) mass is 468 g/mol. The highest BCUT2D eigenvalue weighted by atomic mass is 16.5. The summed E-state index contributed by atoms with van der Waals surface area (Å²) in [5, 5.41) is 3.95. The normalized spacial score (nSPS) is 11.6. The van der Waals surface area contributed by atoms with Gasteiger partial charge in [0.25, 0.3) is 0 Å². The van der Waals surface area contributed by atoms with Crippen LogP contribution >= 0.6 is 0 Å². The van der Waals surface area contributed by atoms with Crippen LogP contribution in [-0.4, -0.2) is 27.1 Å². The Morgan fingerprint density at radius 2 is 1.71 bits per heavy atom. The number of ether oxygens (including phenoxy) is 1. The fraction of sp³-hybridized carbons (Fsp3) is 0.233. The lowest BCUT2D eigenvalue weighted by Crippen LogP contribution is -2.10. The van der Waals surface area contributed by atoms with Crippen LogP contribution in [0, 0.1) is 20.8 Å². The van der Waals surface area contributed by atoms with Gasteiger partial charge >= 0.3 is 0 Å². The van der Waals surface area contributed by atoms with Crippen LogP contribution in [0.4, 0.5) is 11.4 Å². The van der Waals surface area contributed by atoms with Gasteiger partial charge in [-0.2, -0.15) is 0 Å². The third kappa shape index (κ3) is 4.80. The van der Waals surface area contributed by atoms with E-state index in [1.54, 1.807) is 13.2 Å². The van der Waals surface area contributed by atoms with E-state index in [0.717, 1.165) is 50.2 Å². The zero-order valence-corrected chi connectivity index (χ0v) is 21.4. The Morgan fingerprint density at radius 3 is 2.34 bits per heavy atom. The highest BCUT2D eigenvalue weighted by Crippen LogP contribution is 2.41. The van der Waals surface area contributed by atoms with Crippen molar-refractivity contribution in [3.05, 3.63) is 83.1 Å². The van der Waals surface area contributed by atoms with Gasteiger partial charge in [0.1, 0.15) is 11.3 Å². The molecule has 0 spiro atoms. The fourth-order valence-corrected chi connectivity index (χ4v) is 4.49. The summed E-state index contributed by atoms with van der Waals surface area (Å²) in [6.45, 7) is 8.11. The van der Waals surface area contributed by atoms with Crippen molar-refractivity contribution in [2.45, 2.75) is 27.7 Å². The fourth-order valence-electron chi connectivity index (χ4n) is 4.49. The molecule has 0 fully saturated rings. The molecule has 0 aliphatic heterocycles. The van der Waals surface area contributed by atoms with Gasteiger partial charge in [0.15, 0.2) is 0 Å². The molecule has 0 saturated heterocycles. The molecule has 5 nitrogen and oxygen atoms in total. The molecule has 1 amide bonds. The highest BCUT2D eigenvalue weighted by molar-refractivity contribution is 6.06. The van der Waals surface area contributed by atoms with Gasteiger partial charge in [-0.05, 0) is 74.7 Å². The van der Waals surface area contributed by atoms with Gasteiger partial charge in [-0.15, -0.1) is 0 Å². The molecule has 0 radical (unpaired) electrons.